The second-order valence-electron chi connectivity index (χ2n) is 33.6. The van der Waals surface area contributed by atoms with E-state index < -0.39 is 21.7 Å². The second kappa shape index (κ2) is 21.9. The summed E-state index contributed by atoms with van der Waals surface area (Å²) in [5, 5.41) is 21.4. The van der Waals surface area contributed by atoms with Crippen LogP contribution in [0.4, 0.5) is 28.4 Å². The van der Waals surface area contributed by atoms with Gasteiger partial charge in [-0.15, -0.1) is 0 Å². The molecule has 0 bridgehead atoms. The van der Waals surface area contributed by atoms with Crippen LogP contribution >= 0.6 is 0 Å². The van der Waals surface area contributed by atoms with Gasteiger partial charge in [0.1, 0.15) is 11.2 Å². The molecule has 0 spiro atoms. The molecule has 5 aliphatic rings. The summed E-state index contributed by atoms with van der Waals surface area (Å²) >= 11 is 0. The Morgan fingerprint density at radius 3 is 1.30 bits per heavy atom. The van der Waals surface area contributed by atoms with E-state index in [-0.39, 0.29) is 11.8 Å². The first-order valence-electron chi connectivity index (χ1n) is 39.0. The highest BCUT2D eigenvalue weighted by molar-refractivity contribution is 6.28. The van der Waals surface area contributed by atoms with Crippen molar-refractivity contribution in [3.8, 4) is 22.3 Å². The fraction of sp³-hybridized carbons (Fsp3) is 0.113. The molecule has 110 heavy (non-hydrogen) atoms. The molecule has 24 rings (SSSR count). The lowest BCUT2D eigenvalue weighted by atomic mass is 9.39. The van der Waals surface area contributed by atoms with Gasteiger partial charge in [-0.05, 0) is 185 Å². The van der Waals surface area contributed by atoms with E-state index in [1.165, 1.54) is 142 Å². The Morgan fingerprint density at radius 1 is 0.300 bits per heavy atom. The van der Waals surface area contributed by atoms with Gasteiger partial charge in [-0.25, -0.2) is 0 Å². The number of rotatable bonds is 7. The molecule has 0 radical (unpaired) electrons. The molecular formula is C106H74N2O2. The van der Waals surface area contributed by atoms with Gasteiger partial charge in [0.25, 0.3) is 0 Å². The van der Waals surface area contributed by atoms with Crippen LogP contribution in [0.15, 0.2) is 336 Å². The van der Waals surface area contributed by atoms with Crippen LogP contribution < -0.4 is 9.80 Å². The minimum absolute atomic E-state index is 0.0370. The van der Waals surface area contributed by atoms with E-state index >= 15 is 0 Å². The van der Waals surface area contributed by atoms with Crippen LogP contribution in [0.3, 0.4) is 0 Å². The number of allylic oxidation sites excluding steroid dienone is 5. The van der Waals surface area contributed by atoms with Crippen LogP contribution in [0.25, 0.3) is 154 Å². The summed E-state index contributed by atoms with van der Waals surface area (Å²) in [6.07, 6.45) is 14.5. The Balaban J connectivity index is 0.882. The lowest BCUT2D eigenvalue weighted by Crippen LogP contribution is -2.62. The molecule has 2 aromatic heterocycles. The molecule has 0 amide bonds. The van der Waals surface area contributed by atoms with Gasteiger partial charge in [0.05, 0.1) is 28.4 Å². The van der Waals surface area contributed by atoms with Crippen molar-refractivity contribution in [3.05, 3.63) is 366 Å². The van der Waals surface area contributed by atoms with E-state index in [4.69, 9.17) is 8.83 Å². The Hall–Kier alpha value is -13.0. The Labute approximate surface area is 637 Å². The van der Waals surface area contributed by atoms with Crippen molar-refractivity contribution >= 4 is 160 Å². The third-order valence-electron chi connectivity index (χ3n) is 26.5. The summed E-state index contributed by atoms with van der Waals surface area (Å²) < 4.78 is 14.7. The van der Waals surface area contributed by atoms with E-state index in [9.17, 15) is 0 Å². The maximum absolute atomic E-state index is 7.37. The molecule has 0 saturated heterocycles. The first-order chi connectivity index (χ1) is 53.9. The smallest absolute Gasteiger partial charge is 0.159 e. The zero-order valence-corrected chi connectivity index (χ0v) is 62.0. The van der Waals surface area contributed by atoms with Gasteiger partial charge in [0.15, 0.2) is 11.2 Å². The summed E-state index contributed by atoms with van der Waals surface area (Å²) in [6.45, 7) is 15.5. The van der Waals surface area contributed by atoms with E-state index in [1.54, 1.807) is 0 Å². The minimum Gasteiger partial charge on any atom is -0.454 e. The van der Waals surface area contributed by atoms with Gasteiger partial charge in [0.2, 0.25) is 0 Å². The lowest BCUT2D eigenvalue weighted by Gasteiger charge is -2.62. The molecule has 0 fully saturated rings. The van der Waals surface area contributed by atoms with E-state index in [2.05, 4.69) is 379 Å². The molecular weight excluding hydrogens is 1330 g/mol. The molecule has 5 aliphatic carbocycles. The summed E-state index contributed by atoms with van der Waals surface area (Å²) in [5.41, 5.74) is 22.6. The zero-order valence-electron chi connectivity index (χ0n) is 62.0. The van der Waals surface area contributed by atoms with Gasteiger partial charge < -0.3 is 18.6 Å². The predicted octanol–water partition coefficient (Wildman–Crippen LogP) is 29.2. The van der Waals surface area contributed by atoms with Crippen molar-refractivity contribution < 1.29 is 8.83 Å². The molecule has 4 unspecified atom stereocenters. The summed E-state index contributed by atoms with van der Waals surface area (Å²) in [5.74, 6) is 0.0535. The number of hydrogen-bond donors (Lipinski definition) is 0. The van der Waals surface area contributed by atoms with Crippen LogP contribution in [0.5, 0.6) is 0 Å². The topological polar surface area (TPSA) is 32.8 Å². The third-order valence-corrected chi connectivity index (χ3v) is 26.5. The van der Waals surface area contributed by atoms with Crippen molar-refractivity contribution in [2.24, 2.45) is 16.7 Å². The van der Waals surface area contributed by atoms with Crippen LogP contribution in [-0.4, -0.2) is 0 Å². The molecule has 17 aromatic carbocycles. The van der Waals surface area contributed by atoms with Crippen LogP contribution in [0, 0.1) is 16.7 Å². The molecule has 0 saturated carbocycles. The highest BCUT2D eigenvalue weighted by Crippen LogP contribution is 2.78. The molecule has 520 valence electrons. The number of furan rings is 2. The van der Waals surface area contributed by atoms with E-state index in [0.717, 1.165) is 77.7 Å². The first-order valence-corrected chi connectivity index (χ1v) is 39.0. The maximum Gasteiger partial charge on any atom is 0.159 e. The highest BCUT2D eigenvalue weighted by Gasteiger charge is 2.71. The molecule has 0 N–H and O–H groups in total. The van der Waals surface area contributed by atoms with E-state index in [0.29, 0.717) is 0 Å². The van der Waals surface area contributed by atoms with Gasteiger partial charge in [0, 0.05) is 66.1 Å². The first kappa shape index (κ1) is 62.1. The number of nitrogens with zero attached hydrogens (tertiary/aromatic N) is 2. The monoisotopic (exact) mass is 1410 g/mol. The van der Waals surface area contributed by atoms with Gasteiger partial charge >= 0.3 is 0 Å². The van der Waals surface area contributed by atoms with Crippen LogP contribution in [0.2, 0.25) is 0 Å². The van der Waals surface area contributed by atoms with Crippen LogP contribution in [-0.2, 0) is 10.8 Å². The average Bonchev–Trinajstić information content (AvgIpc) is 1.46. The molecule has 4 atom stereocenters. The SMILES string of the molecule is CC(C)(C)C1(C2(C(C)(C)C)c3ccc4ccccc4c3-c3c2cc(N(c2ccc4ccc5cccc6ccc2c4c56)c2cccc4c2oc2ccccc24)c2ccccc32)c2ccc3ccccc3c2-c2c1cc(N(C1=CC=C3C=Cc4cccc5c4C3C1C=C5)c1cccc3c1oc1ccccc13)c1ccccc21. The van der Waals surface area contributed by atoms with Crippen molar-refractivity contribution in [1.82, 2.24) is 0 Å². The maximum atomic E-state index is 7.37. The number of hydrogen-bond acceptors (Lipinski definition) is 4. The number of benzene rings is 17. The number of para-hydroxylation sites is 4. The third kappa shape index (κ3) is 7.80. The van der Waals surface area contributed by atoms with Gasteiger partial charge in [-0.1, -0.05) is 321 Å². The number of anilines is 5. The van der Waals surface area contributed by atoms with E-state index in [1.807, 2.05) is 0 Å². The van der Waals surface area contributed by atoms with Crippen molar-refractivity contribution in [1.29, 1.82) is 0 Å². The zero-order chi connectivity index (χ0) is 73.0. The summed E-state index contributed by atoms with van der Waals surface area (Å²) in [4.78, 5) is 5.28. The fourth-order valence-electron chi connectivity index (χ4n) is 22.6. The van der Waals surface area contributed by atoms with Crippen molar-refractivity contribution in [2.45, 2.75) is 58.3 Å². The molecule has 4 nitrogen and oxygen atoms in total. The van der Waals surface area contributed by atoms with Crippen molar-refractivity contribution in [2.75, 3.05) is 9.80 Å². The summed E-state index contributed by atoms with van der Waals surface area (Å²) in [6, 6.07) is 111. The van der Waals surface area contributed by atoms with Crippen LogP contribution in [0.1, 0.15) is 86.4 Å². The standard InChI is InChI=1S/C106H74N2O2/c1-103(2,3)105(81-55-49-61-23-7-9-29-69(61)97(81)99-75-35-13-11-31-71(75)89(59-83(99)105)107(87-39-21-37-77-73-33-15-17-41-91(73)109-101(77)87)85-57-51-67-45-43-63-25-19-27-65-47-53-79(85)95(67)93(63)65)106(104(4,5)6)82-56-50-62-24-8-10-30-70(62)98(82)100-76-36-14-12-32-72(76)90(60-84(100)106)108(88-40-22-38-78-74-34-16-18-42-92(74)110-102(78)88)86-58-52-68-46-44-64-26-20-28-66-48-54-80(86)96(68)94(64)66/h7-60,79,95H,1-6H3. The number of fused-ring (bicyclic) bond motifs is 20. The Kier molecular flexibility index (Phi) is 12.3. The van der Waals surface area contributed by atoms with Gasteiger partial charge in [-0.2, -0.15) is 0 Å². The largest absolute Gasteiger partial charge is 0.454 e. The average molecular weight is 1410 g/mol. The molecule has 0 aliphatic heterocycles. The quantitative estimate of drug-likeness (QED) is 0.149. The van der Waals surface area contributed by atoms with Gasteiger partial charge in [-0.3, -0.25) is 0 Å². The second-order valence-corrected chi connectivity index (χ2v) is 33.6. The predicted molar refractivity (Wildman–Crippen MR) is 463 cm³/mol. The molecule has 4 heteroatoms. The normalized spacial score (nSPS) is 18.2. The van der Waals surface area contributed by atoms with Crippen molar-refractivity contribution in [3.63, 3.8) is 0 Å². The summed E-state index contributed by atoms with van der Waals surface area (Å²) in [7, 11) is 0. The Bertz CT molecular complexity index is 7460. The lowest BCUT2D eigenvalue weighted by molar-refractivity contribution is 0.0596. The fourth-order valence-corrected chi connectivity index (χ4v) is 22.6. The highest BCUT2D eigenvalue weighted by atomic mass is 16.3. The Morgan fingerprint density at radius 2 is 0.727 bits per heavy atom. The molecule has 2 heterocycles. The minimum atomic E-state index is -0.917. The molecule has 19 aromatic rings.